The van der Waals surface area contributed by atoms with E-state index in [1.54, 1.807) is 5.01 Å². The molecule has 0 atom stereocenters. The van der Waals surface area contributed by atoms with E-state index in [-0.39, 0.29) is 16.8 Å². The summed E-state index contributed by atoms with van der Waals surface area (Å²) in [6, 6.07) is 3.71. The van der Waals surface area contributed by atoms with Crippen LogP contribution in [0.15, 0.2) is 18.2 Å². The Kier molecular flexibility index (Phi) is 2.96. The number of ether oxygens (including phenoxy) is 1. The molecular weight excluding hydrogens is 266 g/mol. The van der Waals surface area contributed by atoms with E-state index in [1.165, 1.54) is 12.1 Å². The van der Waals surface area contributed by atoms with Crippen molar-refractivity contribution in [1.82, 2.24) is 10.0 Å². The van der Waals surface area contributed by atoms with Crippen LogP contribution in [0.4, 0.5) is 5.69 Å². The summed E-state index contributed by atoms with van der Waals surface area (Å²) in [5.41, 5.74) is 0.0801. The second kappa shape index (κ2) is 4.66. The van der Waals surface area contributed by atoms with E-state index in [1.807, 2.05) is 0 Å². The highest BCUT2D eigenvalue weighted by atomic mass is 16.6. The fraction of sp³-hybridized carbons (Fsp3) is 0.333. The van der Waals surface area contributed by atoms with Crippen molar-refractivity contribution in [2.24, 2.45) is 0 Å². The highest BCUT2D eigenvalue weighted by molar-refractivity contribution is 6.21. The zero-order valence-corrected chi connectivity index (χ0v) is 10.4. The predicted molar refractivity (Wildman–Crippen MR) is 66.0 cm³/mol. The minimum atomic E-state index is -0.588. The molecule has 2 aliphatic heterocycles. The van der Waals surface area contributed by atoms with Gasteiger partial charge in [0.25, 0.3) is 17.5 Å². The number of imide groups is 1. The molecular formula is C12H11N3O5. The minimum absolute atomic E-state index is 0.0793. The smallest absolute Gasteiger partial charge is 0.276 e. The third kappa shape index (κ3) is 1.86. The van der Waals surface area contributed by atoms with Crippen LogP contribution in [-0.2, 0) is 4.74 Å². The summed E-state index contributed by atoms with van der Waals surface area (Å²) in [7, 11) is 0. The molecule has 1 fully saturated rings. The molecule has 104 valence electrons. The average molecular weight is 277 g/mol. The number of morpholine rings is 1. The van der Waals surface area contributed by atoms with Gasteiger partial charge < -0.3 is 4.74 Å². The van der Waals surface area contributed by atoms with Crippen LogP contribution in [0.25, 0.3) is 0 Å². The maximum absolute atomic E-state index is 12.3. The third-order valence-electron chi connectivity index (χ3n) is 3.33. The Hall–Kier alpha value is -2.32. The average Bonchev–Trinajstić information content (AvgIpc) is 2.71. The van der Waals surface area contributed by atoms with E-state index in [9.17, 15) is 19.7 Å². The molecule has 3 rings (SSSR count). The van der Waals surface area contributed by atoms with Gasteiger partial charge in [-0.15, -0.1) is 0 Å². The van der Waals surface area contributed by atoms with E-state index >= 15 is 0 Å². The van der Waals surface area contributed by atoms with E-state index in [0.717, 1.165) is 11.1 Å². The number of rotatable bonds is 2. The molecule has 8 nitrogen and oxygen atoms in total. The number of fused-ring (bicyclic) bond motifs is 1. The molecule has 2 amide bonds. The van der Waals surface area contributed by atoms with E-state index in [4.69, 9.17) is 4.74 Å². The first-order chi connectivity index (χ1) is 9.59. The van der Waals surface area contributed by atoms with Crippen LogP contribution in [-0.4, -0.2) is 53.1 Å². The monoisotopic (exact) mass is 277 g/mol. The van der Waals surface area contributed by atoms with Crippen LogP contribution in [0.1, 0.15) is 20.7 Å². The number of nitro benzene ring substituents is 1. The molecule has 8 heteroatoms. The highest BCUT2D eigenvalue weighted by Gasteiger charge is 2.40. The third-order valence-corrected chi connectivity index (χ3v) is 3.33. The minimum Gasteiger partial charge on any atom is -0.379 e. The van der Waals surface area contributed by atoms with Crippen LogP contribution in [0.5, 0.6) is 0 Å². The molecule has 0 spiro atoms. The highest BCUT2D eigenvalue weighted by Crippen LogP contribution is 2.28. The largest absolute Gasteiger partial charge is 0.379 e. The van der Waals surface area contributed by atoms with Gasteiger partial charge >= 0.3 is 0 Å². The van der Waals surface area contributed by atoms with Crippen molar-refractivity contribution in [3.05, 3.63) is 39.4 Å². The lowest BCUT2D eigenvalue weighted by Crippen LogP contribution is -2.51. The molecule has 0 aromatic heterocycles. The summed E-state index contributed by atoms with van der Waals surface area (Å²) in [6.07, 6.45) is 0. The number of non-ortho nitro benzene ring substituents is 1. The van der Waals surface area contributed by atoms with Gasteiger partial charge in [-0.1, -0.05) is 0 Å². The second-order valence-electron chi connectivity index (χ2n) is 4.48. The van der Waals surface area contributed by atoms with Gasteiger partial charge in [-0.25, -0.2) is 10.0 Å². The van der Waals surface area contributed by atoms with Gasteiger partial charge in [0, 0.05) is 25.2 Å². The number of nitrogens with zero attached hydrogens (tertiary/aromatic N) is 3. The number of benzene rings is 1. The van der Waals surface area contributed by atoms with Crippen LogP contribution >= 0.6 is 0 Å². The quantitative estimate of drug-likeness (QED) is 0.442. The summed E-state index contributed by atoms with van der Waals surface area (Å²) >= 11 is 0. The lowest BCUT2D eigenvalue weighted by molar-refractivity contribution is -0.384. The van der Waals surface area contributed by atoms with Gasteiger partial charge in [0.1, 0.15) is 0 Å². The van der Waals surface area contributed by atoms with Crippen LogP contribution in [0.2, 0.25) is 0 Å². The molecule has 20 heavy (non-hydrogen) atoms. The summed E-state index contributed by atoms with van der Waals surface area (Å²) in [4.78, 5) is 34.7. The summed E-state index contributed by atoms with van der Waals surface area (Å²) in [6.45, 7) is 1.75. The van der Waals surface area contributed by atoms with Gasteiger partial charge in [-0.3, -0.25) is 19.7 Å². The number of nitro groups is 1. The summed E-state index contributed by atoms with van der Waals surface area (Å²) in [5.74, 6) is -0.961. The Morgan fingerprint density at radius 2 is 1.75 bits per heavy atom. The first kappa shape index (κ1) is 12.7. The van der Waals surface area contributed by atoms with Crippen molar-refractivity contribution in [3.8, 4) is 0 Å². The lowest BCUT2D eigenvalue weighted by atomic mass is 10.1. The normalized spacial score (nSPS) is 19.3. The molecule has 0 bridgehead atoms. The van der Waals surface area contributed by atoms with Crippen LogP contribution in [0, 0.1) is 10.1 Å². The van der Waals surface area contributed by atoms with Gasteiger partial charge in [-0.05, 0) is 6.07 Å². The number of carbonyl (C=O) groups excluding carboxylic acids is 2. The topological polar surface area (TPSA) is 93.0 Å². The molecule has 1 aromatic carbocycles. The first-order valence-electron chi connectivity index (χ1n) is 6.09. The van der Waals surface area contributed by atoms with Gasteiger partial charge in [-0.2, -0.15) is 0 Å². The van der Waals surface area contributed by atoms with Crippen LogP contribution < -0.4 is 0 Å². The second-order valence-corrected chi connectivity index (χ2v) is 4.48. The molecule has 0 aliphatic carbocycles. The predicted octanol–water partition coefficient (Wildman–Crippen LogP) is 0.438. The fourth-order valence-electron chi connectivity index (χ4n) is 2.34. The zero-order valence-electron chi connectivity index (χ0n) is 10.4. The van der Waals surface area contributed by atoms with Crippen molar-refractivity contribution in [1.29, 1.82) is 0 Å². The Morgan fingerprint density at radius 1 is 1.10 bits per heavy atom. The first-order valence-corrected chi connectivity index (χ1v) is 6.09. The molecule has 2 heterocycles. The zero-order chi connectivity index (χ0) is 14.3. The summed E-state index contributed by atoms with van der Waals surface area (Å²) in [5, 5.41) is 13.4. The molecule has 0 saturated carbocycles. The number of amides is 2. The van der Waals surface area contributed by atoms with Crippen molar-refractivity contribution < 1.29 is 19.2 Å². The maximum Gasteiger partial charge on any atom is 0.276 e. The lowest BCUT2D eigenvalue weighted by Gasteiger charge is -2.32. The Balaban J connectivity index is 1.96. The molecule has 1 saturated heterocycles. The van der Waals surface area contributed by atoms with Crippen molar-refractivity contribution in [3.63, 3.8) is 0 Å². The van der Waals surface area contributed by atoms with Crippen molar-refractivity contribution >= 4 is 17.5 Å². The molecule has 0 radical (unpaired) electrons. The van der Waals surface area contributed by atoms with Crippen molar-refractivity contribution in [2.45, 2.75) is 0 Å². The Morgan fingerprint density at radius 3 is 2.40 bits per heavy atom. The Bertz CT molecular complexity index is 609. The van der Waals surface area contributed by atoms with Gasteiger partial charge in [0.15, 0.2) is 0 Å². The van der Waals surface area contributed by atoms with Crippen molar-refractivity contribution in [2.75, 3.05) is 26.3 Å². The van der Waals surface area contributed by atoms with Gasteiger partial charge in [0.2, 0.25) is 0 Å². The fourth-order valence-corrected chi connectivity index (χ4v) is 2.34. The molecule has 1 aromatic rings. The van der Waals surface area contributed by atoms with E-state index < -0.39 is 16.7 Å². The number of carbonyl (C=O) groups is 2. The maximum atomic E-state index is 12.3. The van der Waals surface area contributed by atoms with Gasteiger partial charge in [0.05, 0.1) is 29.3 Å². The van der Waals surface area contributed by atoms with E-state index in [0.29, 0.717) is 26.3 Å². The van der Waals surface area contributed by atoms with E-state index in [2.05, 4.69) is 0 Å². The number of hydrogen-bond acceptors (Lipinski definition) is 6. The SMILES string of the molecule is O=C1c2ccc([N+](=O)[O-])cc2C(=O)N1N1CCOCC1. The number of hydrazine groups is 1. The number of hydrogen-bond donors (Lipinski definition) is 0. The molecule has 0 unspecified atom stereocenters. The van der Waals surface area contributed by atoms with Crippen LogP contribution in [0.3, 0.4) is 0 Å². The Labute approximate surface area is 113 Å². The molecule has 2 aliphatic rings. The molecule has 0 N–H and O–H groups in total. The summed E-state index contributed by atoms with van der Waals surface area (Å²) < 4.78 is 5.18. The standard InChI is InChI=1S/C12H11N3O5/c16-11-9-2-1-8(15(18)19)7-10(9)12(17)14(11)13-3-5-20-6-4-13/h1-2,7H,3-6H2.